The third-order valence-electron chi connectivity index (χ3n) is 4.56. The minimum atomic E-state index is -4.56. The predicted octanol–water partition coefficient (Wildman–Crippen LogP) is 3.75. The quantitative estimate of drug-likeness (QED) is 0.777. The van der Waals surface area contributed by atoms with Crippen molar-refractivity contribution >= 4 is 11.7 Å². The molecular weight excluding hydrogens is 345 g/mol. The Kier molecular flexibility index (Phi) is 4.91. The monoisotopic (exact) mass is 364 g/mol. The topological polar surface area (TPSA) is 61.4 Å². The van der Waals surface area contributed by atoms with Crippen molar-refractivity contribution in [3.8, 4) is 0 Å². The van der Waals surface area contributed by atoms with Crippen LogP contribution in [0.4, 0.5) is 23.7 Å². The first kappa shape index (κ1) is 18.3. The van der Waals surface area contributed by atoms with E-state index in [1.54, 1.807) is 0 Å². The number of carbonyl (C=O) groups is 1. The first-order valence-electron chi connectivity index (χ1n) is 8.27. The van der Waals surface area contributed by atoms with Gasteiger partial charge in [-0.2, -0.15) is 13.2 Å². The molecule has 0 radical (unpaired) electrons. The molecule has 0 bridgehead atoms. The van der Waals surface area contributed by atoms with Crippen LogP contribution in [0, 0.1) is 0 Å². The van der Waals surface area contributed by atoms with E-state index in [0.29, 0.717) is 19.3 Å². The minimum absolute atomic E-state index is 0.0403. The molecule has 4 nitrogen and oxygen atoms in total. The molecule has 0 fully saturated rings. The molecular formula is C19H19F3N2O2. The first-order chi connectivity index (χ1) is 12.3. The molecule has 3 rings (SSSR count). The first-order valence-corrected chi connectivity index (χ1v) is 8.27. The third-order valence-corrected chi connectivity index (χ3v) is 4.56. The number of halogens is 3. The lowest BCUT2D eigenvalue weighted by molar-refractivity contribution is -0.136. The standard InChI is InChI=1S/C19H19F3N2O2/c20-19(21,22)15-7-3-4-8-16(15)24-17(25)23-12-18(26)10-9-13-5-1-2-6-14(13)11-18/h1-8,26H,9-12H2,(H2,23,24,25)/t18-/m0/s1. The highest BCUT2D eigenvalue weighted by Gasteiger charge is 2.34. The largest absolute Gasteiger partial charge is 0.418 e. The number of para-hydroxylation sites is 1. The highest BCUT2D eigenvalue weighted by Crippen LogP contribution is 2.34. The second-order valence-electron chi connectivity index (χ2n) is 6.52. The third kappa shape index (κ3) is 4.16. The van der Waals surface area contributed by atoms with Gasteiger partial charge >= 0.3 is 12.2 Å². The fourth-order valence-corrected chi connectivity index (χ4v) is 3.19. The van der Waals surface area contributed by atoms with Gasteiger partial charge < -0.3 is 15.7 Å². The Morgan fingerprint density at radius 2 is 1.73 bits per heavy atom. The van der Waals surface area contributed by atoms with E-state index in [9.17, 15) is 23.1 Å². The Morgan fingerprint density at radius 3 is 2.46 bits per heavy atom. The summed E-state index contributed by atoms with van der Waals surface area (Å²) in [6.07, 6.45) is -3.01. The number of hydrogen-bond donors (Lipinski definition) is 3. The fourth-order valence-electron chi connectivity index (χ4n) is 3.19. The SMILES string of the molecule is O=C(NC[C@]1(O)CCc2ccccc2C1)Nc1ccccc1C(F)(F)F. The normalized spacial score (nSPS) is 19.5. The number of hydrogen-bond acceptors (Lipinski definition) is 2. The van der Waals surface area contributed by atoms with E-state index in [4.69, 9.17) is 0 Å². The number of benzene rings is 2. The van der Waals surface area contributed by atoms with E-state index < -0.39 is 23.4 Å². The lowest BCUT2D eigenvalue weighted by atomic mass is 9.80. The van der Waals surface area contributed by atoms with Gasteiger partial charge in [0.1, 0.15) is 0 Å². The molecule has 26 heavy (non-hydrogen) atoms. The summed E-state index contributed by atoms with van der Waals surface area (Å²) in [5.41, 5.74) is -0.166. The number of fused-ring (bicyclic) bond motifs is 1. The molecule has 138 valence electrons. The van der Waals surface area contributed by atoms with Crippen LogP contribution in [-0.4, -0.2) is 23.3 Å². The average Bonchev–Trinajstić information content (AvgIpc) is 2.59. The molecule has 0 aliphatic heterocycles. The second-order valence-corrected chi connectivity index (χ2v) is 6.52. The Balaban J connectivity index is 1.62. The molecule has 2 amide bonds. The zero-order chi connectivity index (χ0) is 18.8. The molecule has 0 aromatic heterocycles. The summed E-state index contributed by atoms with van der Waals surface area (Å²) in [4.78, 5) is 12.0. The van der Waals surface area contributed by atoms with Gasteiger partial charge in [0.05, 0.1) is 16.9 Å². The van der Waals surface area contributed by atoms with Gasteiger partial charge in [-0.1, -0.05) is 36.4 Å². The summed E-state index contributed by atoms with van der Waals surface area (Å²) in [6.45, 7) is -0.0403. The van der Waals surface area contributed by atoms with E-state index in [2.05, 4.69) is 10.6 Å². The molecule has 0 unspecified atom stereocenters. The van der Waals surface area contributed by atoms with Crippen molar-refractivity contribution in [2.75, 3.05) is 11.9 Å². The average molecular weight is 364 g/mol. The summed E-state index contributed by atoms with van der Waals surface area (Å²) in [5, 5.41) is 15.4. The van der Waals surface area contributed by atoms with Gasteiger partial charge in [0.2, 0.25) is 0 Å². The Bertz CT molecular complexity index is 807. The maximum absolute atomic E-state index is 13.0. The molecule has 1 aliphatic rings. The minimum Gasteiger partial charge on any atom is -0.388 e. The van der Waals surface area contributed by atoms with Crippen LogP contribution >= 0.6 is 0 Å². The smallest absolute Gasteiger partial charge is 0.388 e. The van der Waals surface area contributed by atoms with Gasteiger partial charge in [0.15, 0.2) is 0 Å². The van der Waals surface area contributed by atoms with Crippen molar-refractivity contribution in [2.24, 2.45) is 0 Å². The van der Waals surface area contributed by atoms with Crippen LogP contribution in [-0.2, 0) is 19.0 Å². The van der Waals surface area contributed by atoms with Crippen LogP contribution in [0.2, 0.25) is 0 Å². The Morgan fingerprint density at radius 1 is 1.08 bits per heavy atom. The Labute approximate surface area is 149 Å². The summed E-state index contributed by atoms with van der Waals surface area (Å²) < 4.78 is 38.9. The van der Waals surface area contributed by atoms with Gasteiger partial charge in [-0.05, 0) is 36.1 Å². The molecule has 1 atom stereocenters. The predicted molar refractivity (Wildman–Crippen MR) is 91.9 cm³/mol. The maximum atomic E-state index is 13.0. The zero-order valence-electron chi connectivity index (χ0n) is 13.9. The molecule has 7 heteroatoms. The summed E-state index contributed by atoms with van der Waals surface area (Å²) in [5.74, 6) is 0. The van der Waals surface area contributed by atoms with Crippen molar-refractivity contribution < 1.29 is 23.1 Å². The zero-order valence-corrected chi connectivity index (χ0v) is 13.9. The van der Waals surface area contributed by atoms with Crippen molar-refractivity contribution in [1.82, 2.24) is 5.32 Å². The lowest BCUT2D eigenvalue weighted by Gasteiger charge is -2.33. The van der Waals surface area contributed by atoms with Crippen LogP contribution < -0.4 is 10.6 Å². The van der Waals surface area contributed by atoms with Gasteiger partial charge in [-0.15, -0.1) is 0 Å². The number of amides is 2. The second kappa shape index (κ2) is 6.99. The summed E-state index contributed by atoms with van der Waals surface area (Å²) in [6, 6.07) is 11.7. The van der Waals surface area contributed by atoms with Gasteiger partial charge in [-0.25, -0.2) is 4.79 Å². The number of aryl methyl sites for hydroxylation is 1. The van der Waals surface area contributed by atoms with Gasteiger partial charge in [-0.3, -0.25) is 0 Å². The number of aliphatic hydroxyl groups is 1. The van der Waals surface area contributed by atoms with Gasteiger partial charge in [0.25, 0.3) is 0 Å². The van der Waals surface area contributed by atoms with Crippen LogP contribution in [0.15, 0.2) is 48.5 Å². The molecule has 1 aliphatic carbocycles. The van der Waals surface area contributed by atoms with E-state index in [0.717, 1.165) is 11.6 Å². The molecule has 3 N–H and O–H groups in total. The van der Waals surface area contributed by atoms with Crippen molar-refractivity contribution in [1.29, 1.82) is 0 Å². The highest BCUT2D eigenvalue weighted by molar-refractivity contribution is 5.90. The van der Waals surface area contributed by atoms with Crippen molar-refractivity contribution in [3.63, 3.8) is 0 Å². The number of rotatable bonds is 3. The van der Waals surface area contributed by atoms with E-state index in [1.165, 1.54) is 23.8 Å². The Hall–Kier alpha value is -2.54. The van der Waals surface area contributed by atoms with Crippen LogP contribution in [0.5, 0.6) is 0 Å². The molecule has 0 spiro atoms. The molecule has 0 heterocycles. The van der Waals surface area contributed by atoms with E-state index >= 15 is 0 Å². The number of carbonyl (C=O) groups excluding carboxylic acids is 1. The number of alkyl halides is 3. The number of nitrogens with one attached hydrogen (secondary N) is 2. The molecule has 0 saturated carbocycles. The van der Waals surface area contributed by atoms with Crippen LogP contribution in [0.1, 0.15) is 23.1 Å². The summed E-state index contributed by atoms with van der Waals surface area (Å²) in [7, 11) is 0. The molecule has 2 aromatic rings. The number of urea groups is 1. The lowest BCUT2D eigenvalue weighted by Crippen LogP contribution is -2.47. The highest BCUT2D eigenvalue weighted by atomic mass is 19.4. The maximum Gasteiger partial charge on any atom is 0.418 e. The molecule has 0 saturated heterocycles. The number of anilines is 1. The fraction of sp³-hybridized carbons (Fsp3) is 0.316. The van der Waals surface area contributed by atoms with Gasteiger partial charge in [0, 0.05) is 13.0 Å². The van der Waals surface area contributed by atoms with E-state index in [1.807, 2.05) is 24.3 Å². The van der Waals surface area contributed by atoms with Crippen LogP contribution in [0.3, 0.4) is 0 Å². The van der Waals surface area contributed by atoms with Crippen LogP contribution in [0.25, 0.3) is 0 Å². The van der Waals surface area contributed by atoms with Crippen molar-refractivity contribution in [2.45, 2.75) is 31.0 Å². The molecule has 2 aromatic carbocycles. The van der Waals surface area contributed by atoms with E-state index in [-0.39, 0.29) is 12.2 Å². The summed E-state index contributed by atoms with van der Waals surface area (Å²) >= 11 is 0. The van der Waals surface area contributed by atoms with Crippen molar-refractivity contribution in [3.05, 3.63) is 65.2 Å².